The van der Waals surface area contributed by atoms with Crippen LogP contribution in [0.4, 0.5) is 16.0 Å². The molecule has 2 fully saturated rings. The molecule has 12 nitrogen and oxygen atoms in total. The average molecular weight is 609 g/mol. The molecule has 14 heteroatoms. The predicted octanol–water partition coefficient (Wildman–Crippen LogP) is 2.48. The number of hydrogen-bond donors (Lipinski definition) is 1. The summed E-state index contributed by atoms with van der Waals surface area (Å²) in [5.41, 5.74) is 9.08. The molecule has 2 aliphatic rings. The van der Waals surface area contributed by atoms with Crippen LogP contribution >= 0.6 is 0 Å². The van der Waals surface area contributed by atoms with Gasteiger partial charge in [0.05, 0.1) is 17.5 Å². The van der Waals surface area contributed by atoms with Gasteiger partial charge >= 0.3 is 5.69 Å². The number of fused-ring (bicyclic) bond motifs is 3. The van der Waals surface area contributed by atoms with Crippen molar-refractivity contribution in [2.45, 2.75) is 25.5 Å². The summed E-state index contributed by atoms with van der Waals surface area (Å²) in [6, 6.07) is 10.5. The fraction of sp³-hybridized carbons (Fsp3) is 0.414. The van der Waals surface area contributed by atoms with E-state index in [0.717, 1.165) is 25.9 Å². The van der Waals surface area contributed by atoms with E-state index >= 15 is 4.39 Å². The van der Waals surface area contributed by atoms with Crippen molar-refractivity contribution in [2.75, 3.05) is 54.9 Å². The van der Waals surface area contributed by atoms with Gasteiger partial charge in [0.2, 0.25) is 5.95 Å². The molecule has 226 valence electrons. The van der Waals surface area contributed by atoms with E-state index < -0.39 is 11.2 Å². The van der Waals surface area contributed by atoms with E-state index in [1.54, 1.807) is 34.6 Å². The predicted molar refractivity (Wildman–Crippen MR) is 162 cm³/mol. The lowest BCUT2D eigenvalue weighted by Gasteiger charge is -2.36. The summed E-state index contributed by atoms with van der Waals surface area (Å²) in [6.45, 7) is 3.85. The lowest BCUT2D eigenvalue weighted by Crippen LogP contribution is -2.47. The lowest BCUT2D eigenvalue weighted by molar-refractivity contribution is 0.189. The van der Waals surface area contributed by atoms with E-state index in [0.29, 0.717) is 77.3 Å². The maximum atomic E-state index is 15.1. The Morgan fingerprint density at radius 3 is 2.65 bits per heavy atom. The van der Waals surface area contributed by atoms with Crippen LogP contribution in [0, 0.1) is 5.82 Å². The van der Waals surface area contributed by atoms with Crippen LogP contribution in [-0.2, 0) is 24.8 Å². The number of ether oxygens (including phenoxy) is 1. The van der Waals surface area contributed by atoms with Gasteiger partial charge in [-0.3, -0.25) is 14.0 Å². The molecule has 4 aromatic heterocycles. The molecule has 0 unspecified atom stereocenters. The number of imidazole rings is 1. The summed E-state index contributed by atoms with van der Waals surface area (Å²) in [5, 5.41) is 4.53. The topological polar surface area (TPSA) is 135 Å². The van der Waals surface area contributed by atoms with Gasteiger partial charge in [0.25, 0.3) is 0 Å². The number of rotatable bonds is 7. The molecule has 1 aromatic carbocycles. The molecule has 7 rings (SSSR count). The van der Waals surface area contributed by atoms with Crippen LogP contribution in [-0.4, -0.2) is 83.5 Å². The van der Waals surface area contributed by atoms with Gasteiger partial charge in [0.15, 0.2) is 11.4 Å². The molecule has 0 aliphatic carbocycles. The number of aryl methyl sites for hydroxylation is 1. The molecule has 0 radical (unpaired) electrons. The van der Waals surface area contributed by atoms with Gasteiger partial charge in [-0.25, -0.2) is 9.18 Å². The van der Waals surface area contributed by atoms with Crippen molar-refractivity contribution >= 4 is 39.5 Å². The molecule has 0 bridgehead atoms. The van der Waals surface area contributed by atoms with Gasteiger partial charge in [-0.05, 0) is 30.3 Å². The third kappa shape index (κ3) is 5.23. The number of benzene rings is 1. The first kappa shape index (κ1) is 27.8. The minimum absolute atomic E-state index is 0.0160. The van der Waals surface area contributed by atoms with Crippen molar-refractivity contribution in [1.29, 1.82) is 0 Å². The second-order valence-electron chi connectivity index (χ2n) is 11.0. The Kier molecular flexibility index (Phi) is 7.27. The summed E-state index contributed by atoms with van der Waals surface area (Å²) in [6.07, 6.45) is 3.02. The third-order valence-corrected chi connectivity index (χ3v) is 9.78. The zero-order chi connectivity index (χ0) is 29.7. The minimum atomic E-state index is -0.760. The maximum absolute atomic E-state index is 15.1. The molecule has 43 heavy (non-hydrogen) atoms. The van der Waals surface area contributed by atoms with Crippen molar-refractivity contribution in [3.63, 3.8) is 0 Å². The van der Waals surface area contributed by atoms with E-state index in [-0.39, 0.29) is 23.6 Å². The van der Waals surface area contributed by atoms with E-state index in [4.69, 9.17) is 14.9 Å². The van der Waals surface area contributed by atoms with Crippen molar-refractivity contribution in [3.8, 4) is 17.2 Å². The molecule has 2 N–H and O–H groups in total. The van der Waals surface area contributed by atoms with Crippen LogP contribution in [0.3, 0.4) is 0 Å². The van der Waals surface area contributed by atoms with Crippen molar-refractivity contribution in [3.05, 3.63) is 59.0 Å². The van der Waals surface area contributed by atoms with Gasteiger partial charge in [-0.2, -0.15) is 14.6 Å². The van der Waals surface area contributed by atoms with E-state index in [9.17, 15) is 9.35 Å². The zero-order valence-electron chi connectivity index (χ0n) is 23.8. The number of hydrogen-bond acceptors (Lipinski definition) is 9. The second-order valence-corrected chi connectivity index (χ2v) is 12.7. The second kappa shape index (κ2) is 11.2. The molecule has 0 saturated carbocycles. The minimum Gasteiger partial charge on any atom is -0.616 e. The van der Waals surface area contributed by atoms with Crippen molar-refractivity contribution in [2.24, 2.45) is 7.05 Å². The Bertz CT molecular complexity index is 1820. The summed E-state index contributed by atoms with van der Waals surface area (Å²) in [5.74, 6) is 2.26. The van der Waals surface area contributed by atoms with Crippen LogP contribution in [0.2, 0.25) is 0 Å². The Morgan fingerprint density at radius 1 is 1.14 bits per heavy atom. The Morgan fingerprint density at radius 2 is 1.93 bits per heavy atom. The number of furan rings is 1. The van der Waals surface area contributed by atoms with Gasteiger partial charge in [-0.15, -0.1) is 0 Å². The van der Waals surface area contributed by atoms with Gasteiger partial charge in [0.1, 0.15) is 40.4 Å². The van der Waals surface area contributed by atoms with E-state index in [1.165, 1.54) is 10.6 Å². The molecule has 0 atom stereocenters. The monoisotopic (exact) mass is 608 g/mol. The van der Waals surface area contributed by atoms with Crippen LogP contribution in [0.5, 0.6) is 5.75 Å². The molecule has 2 saturated heterocycles. The fourth-order valence-corrected chi connectivity index (χ4v) is 7.28. The largest absolute Gasteiger partial charge is 0.616 e. The van der Waals surface area contributed by atoms with Crippen LogP contribution < -0.4 is 21.1 Å². The molecule has 6 heterocycles. The Balaban J connectivity index is 1.02. The first-order chi connectivity index (χ1) is 20.9. The Labute approximate surface area is 249 Å². The number of halogens is 1. The molecule has 0 amide bonds. The normalized spacial score (nSPS) is 19.9. The van der Waals surface area contributed by atoms with Gasteiger partial charge in [0, 0.05) is 65.2 Å². The average Bonchev–Trinajstić information content (AvgIpc) is 3.74. The quantitative estimate of drug-likeness (QED) is 0.277. The maximum Gasteiger partial charge on any atom is 0.330 e. The third-order valence-electron chi connectivity index (χ3n) is 8.39. The molecular formula is C29H33FN8O4S. The molecule has 2 aliphatic heterocycles. The van der Waals surface area contributed by atoms with Crippen molar-refractivity contribution in [1.82, 2.24) is 28.6 Å². The van der Waals surface area contributed by atoms with Crippen molar-refractivity contribution < 1.29 is 18.1 Å². The molecular weight excluding hydrogens is 575 g/mol. The standard InChI is InChI=1S/C29H33FN8O4S/c1-34-26-24-18-22(25-3-2-14-41-25)33-38(24)28(31)32-27(26)37(29(34)39)13-10-35-8-11-36(12-9-35)23-5-4-20(17-21(23)30)42-19-6-15-43(40)16-7-19/h2-5,14,17-19H,6-13,15-16H2,1H3,(H2,31,32)/t19-,43+. The van der Waals surface area contributed by atoms with Crippen LogP contribution in [0.1, 0.15) is 12.8 Å². The SMILES string of the molecule is Cn1c(=O)n(CCN2CCN(c3ccc(O[C@H]4CC[S@@+]([O-])CC4)cc3F)CC2)c2nc(N)n3nc(-c4ccco4)cc3c21. The highest BCUT2D eigenvalue weighted by atomic mass is 32.2. The first-order valence-corrected chi connectivity index (χ1v) is 15.9. The van der Waals surface area contributed by atoms with Crippen LogP contribution in [0.15, 0.2) is 51.9 Å². The number of piperazine rings is 1. The Hall–Kier alpha value is -4.01. The highest BCUT2D eigenvalue weighted by Gasteiger charge is 2.25. The van der Waals surface area contributed by atoms with Gasteiger partial charge < -0.3 is 24.3 Å². The highest BCUT2D eigenvalue weighted by molar-refractivity contribution is 7.91. The molecule has 5 aromatic rings. The number of aromatic nitrogens is 5. The number of anilines is 2. The number of nitrogen functional groups attached to an aromatic ring is 1. The zero-order valence-corrected chi connectivity index (χ0v) is 24.6. The summed E-state index contributed by atoms with van der Waals surface area (Å²) in [4.78, 5) is 22.2. The lowest BCUT2D eigenvalue weighted by atomic mass is 10.2. The smallest absolute Gasteiger partial charge is 0.330 e. The highest BCUT2D eigenvalue weighted by Crippen LogP contribution is 2.28. The van der Waals surface area contributed by atoms with Gasteiger partial charge in [-0.1, -0.05) is 11.2 Å². The fourth-order valence-electron chi connectivity index (χ4n) is 6.03. The van der Waals surface area contributed by atoms with E-state index in [2.05, 4.69) is 15.0 Å². The summed E-state index contributed by atoms with van der Waals surface area (Å²) >= 11 is -0.760. The number of nitrogens with two attached hydrogens (primary N) is 1. The molecule has 0 spiro atoms. The number of nitrogens with zero attached hydrogens (tertiary/aromatic N) is 7. The first-order valence-electron chi connectivity index (χ1n) is 14.4. The summed E-state index contributed by atoms with van der Waals surface area (Å²) < 4.78 is 42.9. The van der Waals surface area contributed by atoms with E-state index in [1.807, 2.05) is 23.1 Å². The summed E-state index contributed by atoms with van der Waals surface area (Å²) in [7, 11) is 1.72. The van der Waals surface area contributed by atoms with Crippen LogP contribution in [0.25, 0.3) is 28.1 Å².